The Morgan fingerprint density at radius 3 is 2.38 bits per heavy atom. The number of aryl methyl sites for hydroxylation is 1. The Bertz CT molecular complexity index is 116. The van der Waals surface area contributed by atoms with Crippen molar-refractivity contribution in [3.8, 4) is 0 Å². The summed E-state index contributed by atoms with van der Waals surface area (Å²) in [4.78, 5) is 2.93. The molecule has 0 aliphatic rings. The van der Waals surface area contributed by atoms with Gasteiger partial charge in [0.1, 0.15) is 0 Å². The van der Waals surface area contributed by atoms with E-state index < -0.39 is 0 Å². The van der Waals surface area contributed by atoms with Gasteiger partial charge in [0.25, 0.3) is 0 Å². The van der Waals surface area contributed by atoms with Gasteiger partial charge in [-0.1, -0.05) is 0 Å². The molecular formula is C5H9NOS. The van der Waals surface area contributed by atoms with Crippen molar-refractivity contribution < 1.29 is 4.55 Å². The minimum absolute atomic E-state index is 1.29. The number of aromatic amines is 1. The molecule has 1 aromatic rings. The lowest BCUT2D eigenvalue weighted by Crippen LogP contribution is -1.50. The second-order valence-corrected chi connectivity index (χ2v) is 1.39. The maximum absolute atomic E-state index is 6.69. The van der Waals surface area contributed by atoms with E-state index in [0.29, 0.717) is 0 Å². The summed E-state index contributed by atoms with van der Waals surface area (Å²) in [5.74, 6) is 0. The predicted octanol–water partition coefficient (Wildman–Crippen LogP) is 1.71. The monoisotopic (exact) mass is 131 g/mol. The molecule has 1 rings (SSSR count). The van der Waals surface area contributed by atoms with E-state index in [1.165, 1.54) is 5.56 Å². The van der Waals surface area contributed by atoms with Crippen LogP contribution in [-0.2, 0) is 0 Å². The lowest BCUT2D eigenvalue weighted by molar-refractivity contribution is 0.679. The van der Waals surface area contributed by atoms with Gasteiger partial charge >= 0.3 is 0 Å². The van der Waals surface area contributed by atoms with Gasteiger partial charge in [-0.3, -0.25) is 0 Å². The molecule has 0 saturated heterocycles. The molecule has 2 nitrogen and oxygen atoms in total. The molecule has 0 amide bonds. The molecule has 0 fully saturated rings. The molecule has 0 atom stereocenters. The van der Waals surface area contributed by atoms with Crippen LogP contribution in [0.2, 0.25) is 0 Å². The molecule has 1 heterocycles. The number of hydrogen-bond acceptors (Lipinski definition) is 2. The van der Waals surface area contributed by atoms with E-state index in [-0.39, 0.29) is 0 Å². The number of aromatic nitrogens is 1. The van der Waals surface area contributed by atoms with Crippen LogP contribution in [0.4, 0.5) is 0 Å². The summed E-state index contributed by atoms with van der Waals surface area (Å²) < 4.78 is 6.69. The maximum atomic E-state index is 6.69. The zero-order chi connectivity index (χ0) is 6.41. The number of nitrogens with one attached hydrogen (secondary N) is 1. The van der Waals surface area contributed by atoms with Crippen LogP contribution in [0.25, 0.3) is 0 Å². The van der Waals surface area contributed by atoms with E-state index in [2.05, 4.69) is 24.8 Å². The summed E-state index contributed by atoms with van der Waals surface area (Å²) in [5, 5.41) is 0. The summed E-state index contributed by atoms with van der Waals surface area (Å²) in [6.07, 6.45) is 3.87. The quantitative estimate of drug-likeness (QED) is 0.364. The first kappa shape index (κ1) is 7.59. The van der Waals surface area contributed by atoms with Gasteiger partial charge in [0.05, 0.1) is 0 Å². The van der Waals surface area contributed by atoms with Crippen LogP contribution in [0.15, 0.2) is 18.5 Å². The Hall–Kier alpha value is -0.410. The second-order valence-electron chi connectivity index (χ2n) is 1.39. The first-order valence-corrected chi connectivity index (χ1v) is 2.59. The van der Waals surface area contributed by atoms with Crippen molar-refractivity contribution in [3.63, 3.8) is 0 Å². The van der Waals surface area contributed by atoms with Crippen LogP contribution >= 0.6 is 12.9 Å². The first-order valence-electron chi connectivity index (χ1n) is 2.19. The largest absolute Gasteiger partial charge is 0.367 e. The number of H-pyrrole nitrogens is 1. The average molecular weight is 131 g/mol. The summed E-state index contributed by atoms with van der Waals surface area (Å²) in [7, 11) is 0. The van der Waals surface area contributed by atoms with Crippen molar-refractivity contribution in [2.45, 2.75) is 6.92 Å². The molecule has 0 radical (unpaired) electrons. The highest BCUT2D eigenvalue weighted by molar-refractivity contribution is 7.74. The van der Waals surface area contributed by atoms with E-state index in [1.807, 2.05) is 18.5 Å². The molecule has 46 valence electrons. The summed E-state index contributed by atoms with van der Waals surface area (Å²) in [5.41, 5.74) is 1.29. The molecule has 0 aromatic carbocycles. The SMILES string of the molecule is Cc1cc[nH]c1.OS. The zero-order valence-electron chi connectivity index (χ0n) is 4.63. The molecule has 0 bridgehead atoms. The van der Waals surface area contributed by atoms with Gasteiger partial charge in [-0.05, 0) is 31.5 Å². The van der Waals surface area contributed by atoms with Crippen LogP contribution in [0.5, 0.6) is 0 Å². The van der Waals surface area contributed by atoms with Crippen molar-refractivity contribution in [1.82, 2.24) is 4.98 Å². The lowest BCUT2D eigenvalue weighted by atomic mass is 10.4. The third-order valence-electron chi connectivity index (χ3n) is 0.753. The van der Waals surface area contributed by atoms with Crippen molar-refractivity contribution in [2.75, 3.05) is 0 Å². The van der Waals surface area contributed by atoms with Crippen LogP contribution in [0.3, 0.4) is 0 Å². The predicted molar refractivity (Wildman–Crippen MR) is 37.1 cm³/mol. The van der Waals surface area contributed by atoms with Crippen molar-refractivity contribution in [3.05, 3.63) is 24.0 Å². The van der Waals surface area contributed by atoms with Gasteiger partial charge < -0.3 is 9.54 Å². The van der Waals surface area contributed by atoms with Crippen molar-refractivity contribution >= 4 is 12.9 Å². The van der Waals surface area contributed by atoms with Crippen LogP contribution in [0, 0.1) is 6.92 Å². The van der Waals surface area contributed by atoms with Crippen LogP contribution in [0.1, 0.15) is 5.56 Å². The molecule has 0 unspecified atom stereocenters. The smallest absolute Gasteiger partial charge is 0.00345 e. The third kappa shape index (κ3) is 2.71. The Morgan fingerprint density at radius 2 is 2.25 bits per heavy atom. The van der Waals surface area contributed by atoms with E-state index >= 15 is 0 Å². The number of rotatable bonds is 0. The molecule has 0 spiro atoms. The van der Waals surface area contributed by atoms with Gasteiger partial charge in [0.2, 0.25) is 0 Å². The van der Waals surface area contributed by atoms with E-state index in [0.717, 1.165) is 0 Å². The molecule has 3 heteroatoms. The fraction of sp³-hybridized carbons (Fsp3) is 0.200. The van der Waals surface area contributed by atoms with Crippen LogP contribution < -0.4 is 0 Å². The fourth-order valence-corrected chi connectivity index (χ4v) is 0.407. The highest BCUT2D eigenvalue weighted by atomic mass is 32.1. The first-order chi connectivity index (χ1) is 3.89. The molecule has 0 aliphatic heterocycles. The van der Waals surface area contributed by atoms with Gasteiger partial charge in [0.15, 0.2) is 0 Å². The molecule has 8 heavy (non-hydrogen) atoms. The molecule has 0 aliphatic carbocycles. The minimum Gasteiger partial charge on any atom is -0.367 e. The highest BCUT2D eigenvalue weighted by Crippen LogP contribution is 1.88. The van der Waals surface area contributed by atoms with Gasteiger partial charge in [-0.25, -0.2) is 0 Å². The van der Waals surface area contributed by atoms with Gasteiger partial charge in [0, 0.05) is 12.4 Å². The Balaban J connectivity index is 0.000000222. The Kier molecular flexibility index (Phi) is 4.50. The van der Waals surface area contributed by atoms with Gasteiger partial charge in [-0.2, -0.15) is 0 Å². The standard InChI is InChI=1S/C5H7N.H2OS/c1-5-2-3-6-4-5;1-2/h2-4,6H,1H3;1-2H. The fourth-order valence-electron chi connectivity index (χ4n) is 0.407. The van der Waals surface area contributed by atoms with E-state index in [4.69, 9.17) is 4.55 Å². The highest BCUT2D eigenvalue weighted by Gasteiger charge is 1.73. The Labute approximate surface area is 54.2 Å². The normalized spacial score (nSPS) is 7.38. The number of thiol groups is 1. The average Bonchev–Trinajstić information content (AvgIpc) is 2.24. The number of hydrogen-bond donors (Lipinski definition) is 3. The maximum Gasteiger partial charge on any atom is 0.00345 e. The van der Waals surface area contributed by atoms with Gasteiger partial charge in [-0.15, -0.1) is 0 Å². The third-order valence-corrected chi connectivity index (χ3v) is 0.753. The van der Waals surface area contributed by atoms with Crippen molar-refractivity contribution in [1.29, 1.82) is 0 Å². The topological polar surface area (TPSA) is 36.0 Å². The summed E-state index contributed by atoms with van der Waals surface area (Å²) >= 11 is 2.53. The van der Waals surface area contributed by atoms with Crippen molar-refractivity contribution in [2.24, 2.45) is 0 Å². The van der Waals surface area contributed by atoms with Crippen LogP contribution in [-0.4, -0.2) is 9.54 Å². The molecular weight excluding hydrogens is 122 g/mol. The summed E-state index contributed by atoms with van der Waals surface area (Å²) in [6, 6.07) is 2.03. The molecule has 1 aromatic heterocycles. The Morgan fingerprint density at radius 1 is 1.62 bits per heavy atom. The van der Waals surface area contributed by atoms with E-state index in [1.54, 1.807) is 0 Å². The minimum atomic E-state index is 1.29. The zero-order valence-corrected chi connectivity index (χ0v) is 5.52. The second kappa shape index (κ2) is 4.74. The molecule has 0 saturated carbocycles. The summed E-state index contributed by atoms with van der Waals surface area (Å²) in [6.45, 7) is 2.05. The molecule has 2 N–H and O–H groups in total. The van der Waals surface area contributed by atoms with E-state index in [9.17, 15) is 0 Å². The lowest BCUT2D eigenvalue weighted by Gasteiger charge is -1.65.